The summed E-state index contributed by atoms with van der Waals surface area (Å²) in [5.74, 6) is -23.3. The number of carbonyl (C=O) groups is 1. The van der Waals surface area contributed by atoms with E-state index in [1.54, 1.807) is 0 Å². The van der Waals surface area contributed by atoms with E-state index in [-0.39, 0.29) is 4.90 Å². The Kier molecular flexibility index (Phi) is 5.73. The van der Waals surface area contributed by atoms with Crippen molar-refractivity contribution < 1.29 is 44.3 Å². The molecule has 0 unspecified atom stereocenters. The highest BCUT2D eigenvalue weighted by Gasteiger charge is 2.84. The average Bonchev–Trinajstić information content (AvgIpc) is 2.35. The number of carbonyl (C=O) groups excluding carboxylic acids is 1. The van der Waals surface area contributed by atoms with Crippen LogP contribution in [-0.2, 0) is 4.79 Å². The predicted octanol–water partition coefficient (Wildman–Crippen LogP) is 3.66. The van der Waals surface area contributed by atoms with Crippen LogP contribution in [0.25, 0.3) is 0 Å². The molecule has 0 spiro atoms. The largest absolute Gasteiger partial charge is 0.460 e. The van der Waals surface area contributed by atoms with Crippen molar-refractivity contribution in [1.29, 1.82) is 0 Å². The highest BCUT2D eigenvalue weighted by Crippen LogP contribution is 2.53. The van der Waals surface area contributed by atoms with Gasteiger partial charge in [0, 0.05) is 13.1 Å². The average molecular weight is 343 g/mol. The maximum atomic E-state index is 13.3. The summed E-state index contributed by atoms with van der Waals surface area (Å²) in [6.07, 6.45) is -5.39. The summed E-state index contributed by atoms with van der Waals surface area (Å²) in [4.78, 5) is 11.2. The van der Waals surface area contributed by atoms with Crippen molar-refractivity contribution >= 4 is 5.91 Å². The number of rotatable bonds is 7. The summed E-state index contributed by atoms with van der Waals surface area (Å²) in [7, 11) is 0. The Labute approximate surface area is 118 Å². The fraction of sp³-hybridized carbons (Fsp3) is 0.545. The molecule has 0 aromatic carbocycles. The lowest BCUT2D eigenvalue weighted by Crippen LogP contribution is -2.65. The van der Waals surface area contributed by atoms with Crippen molar-refractivity contribution in [2.45, 2.75) is 23.9 Å². The molecule has 0 saturated heterocycles. The van der Waals surface area contributed by atoms with Crippen LogP contribution in [0.5, 0.6) is 0 Å². The third-order valence-corrected chi connectivity index (χ3v) is 2.40. The van der Waals surface area contributed by atoms with Gasteiger partial charge in [0.15, 0.2) is 0 Å². The molecule has 22 heavy (non-hydrogen) atoms. The summed E-state index contributed by atoms with van der Waals surface area (Å²) in [6, 6.07) is 0. The molecule has 0 atom stereocenters. The van der Waals surface area contributed by atoms with Crippen LogP contribution in [0, 0.1) is 0 Å². The highest BCUT2D eigenvalue weighted by molar-refractivity contribution is 5.85. The maximum absolute atomic E-state index is 13.3. The van der Waals surface area contributed by atoms with E-state index in [0.29, 0.717) is 0 Å². The van der Waals surface area contributed by atoms with Crippen molar-refractivity contribution in [2.75, 3.05) is 13.1 Å². The van der Waals surface area contributed by atoms with Gasteiger partial charge in [-0.3, -0.25) is 4.79 Å². The molecule has 0 aliphatic heterocycles. The van der Waals surface area contributed by atoms with Crippen LogP contribution in [0.4, 0.5) is 39.5 Å². The molecule has 0 aliphatic carbocycles. The standard InChI is InChI=1S/C11H10F9NO/c1-3-5-21(6-4-2)7(22)8(12,13)9(14,15)10(16,17)11(18,19)20/h3-4H,1-2,5-6H2. The van der Waals surface area contributed by atoms with Gasteiger partial charge in [-0.15, -0.1) is 13.2 Å². The fourth-order valence-corrected chi connectivity index (χ4v) is 1.26. The van der Waals surface area contributed by atoms with Crippen molar-refractivity contribution in [3.05, 3.63) is 25.3 Å². The number of nitrogens with zero attached hydrogens (tertiary/aromatic N) is 1. The zero-order valence-electron chi connectivity index (χ0n) is 10.7. The lowest BCUT2D eigenvalue weighted by atomic mass is 10.0. The molecule has 0 aromatic heterocycles. The quantitative estimate of drug-likeness (QED) is 0.510. The zero-order valence-corrected chi connectivity index (χ0v) is 10.7. The van der Waals surface area contributed by atoms with E-state index in [2.05, 4.69) is 13.2 Å². The highest BCUT2D eigenvalue weighted by atomic mass is 19.4. The second-order valence-corrected chi connectivity index (χ2v) is 4.01. The van der Waals surface area contributed by atoms with E-state index in [1.807, 2.05) is 0 Å². The van der Waals surface area contributed by atoms with Gasteiger partial charge in [-0.25, -0.2) is 0 Å². The number of halogens is 9. The van der Waals surface area contributed by atoms with Crippen LogP contribution in [0.2, 0.25) is 0 Å². The Morgan fingerprint density at radius 3 is 1.45 bits per heavy atom. The van der Waals surface area contributed by atoms with Crippen LogP contribution in [-0.4, -0.2) is 47.8 Å². The first-order valence-electron chi connectivity index (χ1n) is 5.39. The summed E-state index contributed by atoms with van der Waals surface area (Å²) in [5.41, 5.74) is 0. The number of amides is 1. The van der Waals surface area contributed by atoms with Crippen molar-refractivity contribution in [1.82, 2.24) is 4.90 Å². The summed E-state index contributed by atoms with van der Waals surface area (Å²) in [5, 5.41) is 0. The minimum Gasteiger partial charge on any atom is -0.330 e. The Balaban J connectivity index is 5.82. The first kappa shape index (κ1) is 20.3. The first-order valence-corrected chi connectivity index (χ1v) is 5.39. The number of hydrogen-bond acceptors (Lipinski definition) is 1. The van der Waals surface area contributed by atoms with E-state index in [0.717, 1.165) is 12.2 Å². The predicted molar refractivity (Wildman–Crippen MR) is 57.9 cm³/mol. The molecule has 128 valence electrons. The lowest BCUT2D eigenvalue weighted by Gasteiger charge is -2.35. The third-order valence-electron chi connectivity index (χ3n) is 2.40. The molecule has 0 bridgehead atoms. The smallest absolute Gasteiger partial charge is 0.330 e. The zero-order chi connectivity index (χ0) is 18.0. The first-order chi connectivity index (χ1) is 9.68. The normalized spacial score (nSPS) is 13.7. The Hall–Kier alpha value is -1.68. The molecular weight excluding hydrogens is 333 g/mol. The van der Waals surface area contributed by atoms with Crippen LogP contribution in [0.15, 0.2) is 25.3 Å². The van der Waals surface area contributed by atoms with E-state index in [4.69, 9.17) is 0 Å². The van der Waals surface area contributed by atoms with Gasteiger partial charge in [-0.1, -0.05) is 12.2 Å². The van der Waals surface area contributed by atoms with Crippen LogP contribution in [0.1, 0.15) is 0 Å². The van der Waals surface area contributed by atoms with Gasteiger partial charge >= 0.3 is 23.9 Å². The van der Waals surface area contributed by atoms with Crippen molar-refractivity contribution in [3.8, 4) is 0 Å². The Morgan fingerprint density at radius 2 is 1.18 bits per heavy atom. The second-order valence-electron chi connectivity index (χ2n) is 4.01. The van der Waals surface area contributed by atoms with Gasteiger partial charge in [0.2, 0.25) is 0 Å². The Bertz CT molecular complexity index is 431. The van der Waals surface area contributed by atoms with Crippen molar-refractivity contribution in [2.24, 2.45) is 0 Å². The van der Waals surface area contributed by atoms with Gasteiger partial charge in [0.05, 0.1) is 0 Å². The molecule has 0 radical (unpaired) electrons. The van der Waals surface area contributed by atoms with Crippen LogP contribution >= 0.6 is 0 Å². The molecule has 0 fully saturated rings. The molecule has 0 rings (SSSR count). The monoisotopic (exact) mass is 343 g/mol. The van der Waals surface area contributed by atoms with E-state index < -0.39 is 42.9 Å². The molecule has 0 saturated carbocycles. The Morgan fingerprint density at radius 1 is 0.818 bits per heavy atom. The van der Waals surface area contributed by atoms with Crippen LogP contribution < -0.4 is 0 Å². The molecule has 11 heteroatoms. The van der Waals surface area contributed by atoms with E-state index in [1.165, 1.54) is 0 Å². The minimum absolute atomic E-state index is 0.0969. The maximum Gasteiger partial charge on any atom is 0.460 e. The molecule has 0 N–H and O–H groups in total. The third kappa shape index (κ3) is 3.22. The molecule has 2 nitrogen and oxygen atoms in total. The number of alkyl halides is 9. The summed E-state index contributed by atoms with van der Waals surface area (Å²) < 4.78 is 114. The molecule has 0 aliphatic rings. The van der Waals surface area contributed by atoms with Gasteiger partial charge in [-0.2, -0.15) is 39.5 Å². The molecule has 0 heterocycles. The van der Waals surface area contributed by atoms with Gasteiger partial charge in [0.25, 0.3) is 5.91 Å². The number of hydrogen-bond donors (Lipinski definition) is 0. The topological polar surface area (TPSA) is 20.3 Å². The van der Waals surface area contributed by atoms with Crippen molar-refractivity contribution in [3.63, 3.8) is 0 Å². The van der Waals surface area contributed by atoms with Crippen LogP contribution in [0.3, 0.4) is 0 Å². The molecular formula is C11H10F9NO. The molecule has 0 aromatic rings. The minimum atomic E-state index is -7.10. The van der Waals surface area contributed by atoms with Gasteiger partial charge in [-0.05, 0) is 0 Å². The fourth-order valence-electron chi connectivity index (χ4n) is 1.26. The lowest BCUT2D eigenvalue weighted by molar-refractivity contribution is -0.389. The van der Waals surface area contributed by atoms with E-state index >= 15 is 0 Å². The summed E-state index contributed by atoms with van der Waals surface area (Å²) in [6.45, 7) is 4.45. The molecule has 1 amide bonds. The second kappa shape index (κ2) is 6.21. The van der Waals surface area contributed by atoms with Gasteiger partial charge in [0.1, 0.15) is 0 Å². The summed E-state index contributed by atoms with van der Waals surface area (Å²) >= 11 is 0. The van der Waals surface area contributed by atoms with Gasteiger partial charge < -0.3 is 4.90 Å². The SMILES string of the molecule is C=CCN(CC=C)C(=O)C(F)(F)C(F)(F)C(F)(F)C(F)(F)F. The van der Waals surface area contributed by atoms with E-state index in [9.17, 15) is 44.3 Å².